The van der Waals surface area contributed by atoms with Crippen LogP contribution in [0.3, 0.4) is 0 Å². The fraction of sp³-hybridized carbons (Fsp3) is 0.214. The lowest BCUT2D eigenvalue weighted by atomic mass is 10.1. The van der Waals surface area contributed by atoms with Crippen molar-refractivity contribution in [3.8, 4) is 0 Å². The van der Waals surface area contributed by atoms with Gasteiger partial charge in [-0.05, 0) is 23.8 Å². The van der Waals surface area contributed by atoms with Gasteiger partial charge < -0.3 is 10.4 Å². The molecule has 0 aliphatic carbocycles. The summed E-state index contributed by atoms with van der Waals surface area (Å²) in [5.41, 5.74) is -0.318. The van der Waals surface area contributed by atoms with Crippen molar-refractivity contribution in [2.75, 3.05) is 11.9 Å². The van der Waals surface area contributed by atoms with Gasteiger partial charge in [-0.3, -0.25) is 0 Å². The summed E-state index contributed by atoms with van der Waals surface area (Å²) in [6.07, 6.45) is -4.70. The van der Waals surface area contributed by atoms with Gasteiger partial charge in [0, 0.05) is 17.8 Å². The van der Waals surface area contributed by atoms with E-state index in [2.05, 4.69) is 10.3 Å². The Labute approximate surface area is 134 Å². The molecule has 0 aliphatic heterocycles. The Bertz CT molecular complexity index is 648. The lowest BCUT2D eigenvalue weighted by Crippen LogP contribution is -2.14. The molecule has 0 unspecified atom stereocenters. The van der Waals surface area contributed by atoms with Crippen LogP contribution in [0.15, 0.2) is 36.5 Å². The SMILES string of the molecule is O[C@H](CNc1ncc(C(F)(F)F)cc1Cl)c1ccc(Cl)cc1. The van der Waals surface area contributed by atoms with Crippen molar-refractivity contribution in [1.29, 1.82) is 0 Å². The average Bonchev–Trinajstić information content (AvgIpc) is 2.45. The maximum absolute atomic E-state index is 12.5. The van der Waals surface area contributed by atoms with Crippen LogP contribution in [0.2, 0.25) is 10.0 Å². The third-order valence-corrected chi connectivity index (χ3v) is 3.43. The molecule has 1 heterocycles. The summed E-state index contributed by atoms with van der Waals surface area (Å²) in [6, 6.07) is 7.34. The molecule has 1 atom stereocenters. The van der Waals surface area contributed by atoms with Crippen LogP contribution < -0.4 is 5.32 Å². The van der Waals surface area contributed by atoms with E-state index >= 15 is 0 Å². The Kier molecular flexibility index (Phi) is 5.16. The Morgan fingerprint density at radius 2 is 1.82 bits per heavy atom. The van der Waals surface area contributed by atoms with Gasteiger partial charge in [0.2, 0.25) is 0 Å². The second-order valence-corrected chi connectivity index (χ2v) is 5.34. The lowest BCUT2D eigenvalue weighted by Gasteiger charge is -2.14. The Balaban J connectivity index is 2.04. The standard InChI is InChI=1S/C14H11Cl2F3N2O/c15-10-3-1-8(2-4-10)12(22)7-21-13-11(16)5-9(6-20-13)14(17,18)19/h1-6,12,22H,7H2,(H,20,21)/t12-/m1/s1. The molecule has 0 saturated heterocycles. The predicted octanol–water partition coefficient (Wildman–Crippen LogP) is 4.55. The molecular weight excluding hydrogens is 340 g/mol. The number of aliphatic hydroxyl groups excluding tert-OH is 1. The first-order valence-electron chi connectivity index (χ1n) is 6.17. The normalized spacial score (nSPS) is 13.0. The predicted molar refractivity (Wildman–Crippen MR) is 79.2 cm³/mol. The molecule has 1 aromatic carbocycles. The zero-order valence-electron chi connectivity index (χ0n) is 11.0. The highest BCUT2D eigenvalue weighted by Gasteiger charge is 2.31. The summed E-state index contributed by atoms with van der Waals surface area (Å²) >= 11 is 11.5. The van der Waals surface area contributed by atoms with Crippen molar-refractivity contribution in [3.63, 3.8) is 0 Å². The van der Waals surface area contributed by atoms with Crippen LogP contribution in [-0.4, -0.2) is 16.6 Å². The maximum Gasteiger partial charge on any atom is 0.417 e. The fourth-order valence-corrected chi connectivity index (χ4v) is 2.08. The molecule has 0 bridgehead atoms. The number of alkyl halides is 3. The van der Waals surface area contributed by atoms with Crippen LogP contribution in [0.25, 0.3) is 0 Å². The van der Waals surface area contributed by atoms with Gasteiger partial charge in [-0.2, -0.15) is 13.2 Å². The summed E-state index contributed by atoms with van der Waals surface area (Å²) in [5, 5.41) is 13.1. The number of aliphatic hydroxyl groups is 1. The second kappa shape index (κ2) is 6.73. The molecule has 2 rings (SSSR count). The third-order valence-electron chi connectivity index (χ3n) is 2.89. The molecule has 22 heavy (non-hydrogen) atoms. The van der Waals surface area contributed by atoms with Crippen molar-refractivity contribution in [2.24, 2.45) is 0 Å². The number of hydrogen-bond donors (Lipinski definition) is 2. The summed E-state index contributed by atoms with van der Waals surface area (Å²) in [5.74, 6) is 0.0719. The van der Waals surface area contributed by atoms with Crippen LogP contribution in [-0.2, 0) is 6.18 Å². The number of rotatable bonds is 4. The molecule has 118 valence electrons. The van der Waals surface area contributed by atoms with Gasteiger partial charge in [-0.25, -0.2) is 4.98 Å². The summed E-state index contributed by atoms with van der Waals surface area (Å²) in [4.78, 5) is 3.63. The van der Waals surface area contributed by atoms with Gasteiger partial charge in [0.25, 0.3) is 0 Å². The average molecular weight is 351 g/mol. The number of benzene rings is 1. The molecule has 8 heteroatoms. The Morgan fingerprint density at radius 1 is 1.18 bits per heavy atom. The van der Waals surface area contributed by atoms with Crippen LogP contribution >= 0.6 is 23.2 Å². The third kappa shape index (κ3) is 4.25. The first-order valence-corrected chi connectivity index (χ1v) is 6.93. The number of aromatic nitrogens is 1. The van der Waals surface area contributed by atoms with Crippen LogP contribution in [0, 0.1) is 0 Å². The van der Waals surface area contributed by atoms with Gasteiger partial charge in [-0.1, -0.05) is 35.3 Å². The van der Waals surface area contributed by atoms with E-state index in [1.165, 1.54) is 0 Å². The van der Waals surface area contributed by atoms with Gasteiger partial charge in [-0.15, -0.1) is 0 Å². The van der Waals surface area contributed by atoms with Crippen molar-refractivity contribution >= 4 is 29.0 Å². The van der Waals surface area contributed by atoms with Crippen molar-refractivity contribution < 1.29 is 18.3 Å². The molecule has 2 N–H and O–H groups in total. The van der Waals surface area contributed by atoms with E-state index in [1.807, 2.05) is 0 Å². The molecule has 0 amide bonds. The van der Waals surface area contributed by atoms with E-state index in [4.69, 9.17) is 23.2 Å². The zero-order chi connectivity index (χ0) is 16.3. The highest BCUT2D eigenvalue weighted by Crippen LogP contribution is 2.32. The molecule has 3 nitrogen and oxygen atoms in total. The lowest BCUT2D eigenvalue weighted by molar-refractivity contribution is -0.137. The zero-order valence-corrected chi connectivity index (χ0v) is 12.5. The van der Waals surface area contributed by atoms with Crippen LogP contribution in [0.4, 0.5) is 19.0 Å². The summed E-state index contributed by atoms with van der Waals surface area (Å²) in [7, 11) is 0. The highest BCUT2D eigenvalue weighted by molar-refractivity contribution is 6.33. The Morgan fingerprint density at radius 3 is 2.36 bits per heavy atom. The van der Waals surface area contributed by atoms with Gasteiger partial charge in [0.15, 0.2) is 0 Å². The molecular formula is C14H11Cl2F3N2O. The smallest absolute Gasteiger partial charge is 0.387 e. The molecule has 0 fully saturated rings. The largest absolute Gasteiger partial charge is 0.417 e. The summed E-state index contributed by atoms with van der Waals surface area (Å²) < 4.78 is 37.5. The molecule has 0 radical (unpaired) electrons. The van der Waals surface area contributed by atoms with Gasteiger partial charge in [0.05, 0.1) is 16.7 Å². The van der Waals surface area contributed by atoms with E-state index < -0.39 is 17.8 Å². The van der Waals surface area contributed by atoms with Crippen molar-refractivity contribution in [3.05, 3.63) is 57.7 Å². The number of anilines is 1. The second-order valence-electron chi connectivity index (χ2n) is 4.50. The minimum absolute atomic E-state index is 0.0414. The molecule has 0 saturated carbocycles. The number of nitrogens with one attached hydrogen (secondary N) is 1. The fourth-order valence-electron chi connectivity index (χ4n) is 1.72. The first kappa shape index (κ1) is 16.9. The molecule has 2 aromatic rings. The molecule has 0 spiro atoms. The van der Waals surface area contributed by atoms with E-state index in [-0.39, 0.29) is 17.4 Å². The van der Waals surface area contributed by atoms with Crippen molar-refractivity contribution in [1.82, 2.24) is 4.98 Å². The Hall–Kier alpha value is -1.50. The highest BCUT2D eigenvalue weighted by atomic mass is 35.5. The van der Waals surface area contributed by atoms with Gasteiger partial charge >= 0.3 is 6.18 Å². The van der Waals surface area contributed by atoms with E-state index in [1.54, 1.807) is 24.3 Å². The van der Waals surface area contributed by atoms with E-state index in [0.717, 1.165) is 6.07 Å². The quantitative estimate of drug-likeness (QED) is 0.849. The van der Waals surface area contributed by atoms with E-state index in [0.29, 0.717) is 16.8 Å². The van der Waals surface area contributed by atoms with Crippen LogP contribution in [0.1, 0.15) is 17.2 Å². The minimum Gasteiger partial charge on any atom is -0.387 e. The topological polar surface area (TPSA) is 45.1 Å². The number of hydrogen-bond acceptors (Lipinski definition) is 3. The molecule has 1 aromatic heterocycles. The molecule has 0 aliphatic rings. The maximum atomic E-state index is 12.5. The minimum atomic E-state index is -4.50. The van der Waals surface area contributed by atoms with Gasteiger partial charge in [0.1, 0.15) is 5.82 Å². The number of nitrogens with zero attached hydrogens (tertiary/aromatic N) is 1. The number of pyridine rings is 1. The van der Waals surface area contributed by atoms with Crippen molar-refractivity contribution in [2.45, 2.75) is 12.3 Å². The summed E-state index contributed by atoms with van der Waals surface area (Å²) in [6.45, 7) is 0.0414. The monoisotopic (exact) mass is 350 g/mol. The van der Waals surface area contributed by atoms with E-state index in [9.17, 15) is 18.3 Å². The number of halogens is 5. The first-order chi connectivity index (χ1) is 10.3. The van der Waals surface area contributed by atoms with Crippen LogP contribution in [0.5, 0.6) is 0 Å².